The Morgan fingerprint density at radius 2 is 2.05 bits per heavy atom. The Morgan fingerprint density at radius 3 is 2.95 bits per heavy atom. The van der Waals surface area contributed by atoms with Crippen molar-refractivity contribution >= 4 is 16.5 Å². The Kier molecular flexibility index (Phi) is 5.65. The van der Waals surface area contributed by atoms with Crippen molar-refractivity contribution in [2.75, 3.05) is 13.1 Å². The Hall–Kier alpha value is 0.0564. The van der Waals surface area contributed by atoms with Crippen LogP contribution in [0, 0.1) is 0 Å². The summed E-state index contributed by atoms with van der Waals surface area (Å²) < 4.78 is 0. The number of benzene rings is 1. The van der Waals surface area contributed by atoms with E-state index in [9.17, 15) is 0 Å². The molecule has 1 unspecified atom stereocenters. The first-order valence-corrected chi connectivity index (χ1v) is 6.91. The van der Waals surface area contributed by atoms with Crippen molar-refractivity contribution in [1.82, 2.24) is 9.88 Å². The molecule has 3 heterocycles. The first-order valence-electron chi connectivity index (χ1n) is 6.91. The van der Waals surface area contributed by atoms with Crippen LogP contribution in [0.4, 0.5) is 0 Å². The number of hydrogen-bond acceptors (Lipinski definition) is 2. The van der Waals surface area contributed by atoms with E-state index in [2.05, 4.69) is 46.4 Å². The molecular weight excluding hydrogens is 275 g/mol. The molecule has 2 aliphatic rings. The van der Waals surface area contributed by atoms with E-state index in [1.807, 2.05) is 0 Å². The van der Waals surface area contributed by atoms with Gasteiger partial charge in [-0.2, -0.15) is 0 Å². The molecule has 2 aromatic rings. The quantitative estimate of drug-likeness (QED) is 0.766. The van der Waals surface area contributed by atoms with Gasteiger partial charge >= 0.3 is 51.4 Å². The molecule has 0 aliphatic carbocycles. The van der Waals surface area contributed by atoms with Gasteiger partial charge in [0.1, 0.15) is 0 Å². The molecule has 0 saturated carbocycles. The SMILES string of the molecule is C1=C(c2c[nH]c3ccccc23)CC2CCCN2C1.[K+].[OH-]. The summed E-state index contributed by atoms with van der Waals surface area (Å²) in [6.07, 6.45) is 8.58. The van der Waals surface area contributed by atoms with Crippen molar-refractivity contribution in [2.45, 2.75) is 25.3 Å². The van der Waals surface area contributed by atoms with Crippen LogP contribution in [-0.2, 0) is 0 Å². The maximum absolute atomic E-state index is 3.39. The smallest absolute Gasteiger partial charge is 0.870 e. The number of fused-ring (bicyclic) bond motifs is 2. The molecule has 20 heavy (non-hydrogen) atoms. The van der Waals surface area contributed by atoms with Crippen molar-refractivity contribution in [2.24, 2.45) is 0 Å². The maximum Gasteiger partial charge on any atom is 1.00 e. The second-order valence-corrected chi connectivity index (χ2v) is 5.47. The molecule has 0 amide bonds. The molecule has 0 radical (unpaired) electrons. The zero-order chi connectivity index (χ0) is 11.9. The van der Waals surface area contributed by atoms with E-state index in [4.69, 9.17) is 0 Å². The second kappa shape index (κ2) is 6.88. The van der Waals surface area contributed by atoms with Crippen LogP contribution in [-0.4, -0.2) is 34.5 Å². The number of aromatic amines is 1. The van der Waals surface area contributed by atoms with Gasteiger partial charge in [0.05, 0.1) is 0 Å². The van der Waals surface area contributed by atoms with Crippen LogP contribution in [0.3, 0.4) is 0 Å². The van der Waals surface area contributed by atoms with Crippen LogP contribution in [0.25, 0.3) is 16.5 Å². The van der Waals surface area contributed by atoms with Crippen LogP contribution in [0.15, 0.2) is 36.5 Å². The molecule has 3 nitrogen and oxygen atoms in total. The minimum absolute atomic E-state index is 0. The Balaban J connectivity index is 0.000000735. The molecule has 2 aliphatic heterocycles. The van der Waals surface area contributed by atoms with Crippen molar-refractivity contribution in [1.29, 1.82) is 0 Å². The number of nitrogens with zero attached hydrogens (tertiary/aromatic N) is 1. The van der Waals surface area contributed by atoms with Crippen LogP contribution >= 0.6 is 0 Å². The fourth-order valence-electron chi connectivity index (χ4n) is 3.49. The van der Waals surface area contributed by atoms with Gasteiger partial charge in [0.25, 0.3) is 0 Å². The topological polar surface area (TPSA) is 49.0 Å². The van der Waals surface area contributed by atoms with Gasteiger partial charge < -0.3 is 10.5 Å². The van der Waals surface area contributed by atoms with Crippen molar-refractivity contribution < 1.29 is 56.9 Å². The number of rotatable bonds is 1. The predicted octanol–water partition coefficient (Wildman–Crippen LogP) is 0.247. The van der Waals surface area contributed by atoms with Gasteiger partial charge in [-0.15, -0.1) is 0 Å². The summed E-state index contributed by atoms with van der Waals surface area (Å²) >= 11 is 0. The van der Waals surface area contributed by atoms with Crippen molar-refractivity contribution in [3.8, 4) is 0 Å². The van der Waals surface area contributed by atoms with Gasteiger partial charge in [-0.1, -0.05) is 24.3 Å². The minimum atomic E-state index is 0. The molecule has 4 rings (SSSR count). The minimum Gasteiger partial charge on any atom is -0.870 e. The molecule has 1 atom stereocenters. The Labute approximate surface area is 162 Å². The first kappa shape index (κ1) is 16.4. The molecular formula is C16H19KN2O. The average molecular weight is 294 g/mol. The second-order valence-electron chi connectivity index (χ2n) is 5.47. The first-order chi connectivity index (χ1) is 8.92. The van der Waals surface area contributed by atoms with E-state index < -0.39 is 0 Å². The van der Waals surface area contributed by atoms with Gasteiger partial charge in [-0.05, 0) is 37.4 Å². The van der Waals surface area contributed by atoms with Gasteiger partial charge in [-0.25, -0.2) is 0 Å². The molecule has 100 valence electrons. The number of aromatic nitrogens is 1. The number of hydrogen-bond donors (Lipinski definition) is 1. The van der Waals surface area contributed by atoms with Crippen LogP contribution in [0.5, 0.6) is 0 Å². The van der Waals surface area contributed by atoms with Crippen LogP contribution in [0.2, 0.25) is 0 Å². The molecule has 1 fully saturated rings. The molecule has 2 N–H and O–H groups in total. The summed E-state index contributed by atoms with van der Waals surface area (Å²) in [5.74, 6) is 0. The van der Waals surface area contributed by atoms with E-state index in [0.717, 1.165) is 12.6 Å². The molecule has 0 spiro atoms. The standard InChI is InChI=1S/C16H18N2.K.H2O/c1-2-6-16-14(5-1)15(11-17-16)12-7-9-18-8-3-4-13(18)10-12;;/h1-2,5-7,11,13,17H,3-4,8-10H2;;1H2/q;+1;/p-1. The monoisotopic (exact) mass is 294 g/mol. The van der Waals surface area contributed by atoms with Gasteiger partial charge in [-0.3, -0.25) is 4.90 Å². The normalized spacial score (nSPS) is 21.8. The predicted molar refractivity (Wildman–Crippen MR) is 77.4 cm³/mol. The zero-order valence-electron chi connectivity index (χ0n) is 12.0. The fraction of sp³-hybridized carbons (Fsp3) is 0.375. The van der Waals surface area contributed by atoms with Crippen LogP contribution in [0.1, 0.15) is 24.8 Å². The van der Waals surface area contributed by atoms with E-state index in [0.29, 0.717) is 0 Å². The van der Waals surface area contributed by atoms with E-state index in [-0.39, 0.29) is 56.9 Å². The van der Waals surface area contributed by atoms with E-state index in [1.165, 1.54) is 47.8 Å². The largest absolute Gasteiger partial charge is 1.00 e. The third kappa shape index (κ3) is 2.83. The van der Waals surface area contributed by atoms with E-state index >= 15 is 0 Å². The van der Waals surface area contributed by atoms with Crippen molar-refractivity contribution in [3.63, 3.8) is 0 Å². The number of H-pyrrole nitrogens is 1. The third-order valence-corrected chi connectivity index (χ3v) is 4.46. The summed E-state index contributed by atoms with van der Waals surface area (Å²) in [6, 6.07) is 9.40. The summed E-state index contributed by atoms with van der Waals surface area (Å²) in [6.45, 7) is 2.43. The summed E-state index contributed by atoms with van der Waals surface area (Å²) in [4.78, 5) is 6.01. The van der Waals surface area contributed by atoms with Crippen LogP contribution < -0.4 is 51.4 Å². The summed E-state index contributed by atoms with van der Waals surface area (Å²) in [5, 5.41) is 1.37. The Bertz CT molecular complexity index is 620. The molecule has 1 aromatic heterocycles. The maximum atomic E-state index is 3.39. The molecule has 0 bridgehead atoms. The zero-order valence-corrected chi connectivity index (χ0v) is 15.1. The summed E-state index contributed by atoms with van der Waals surface area (Å²) in [5.41, 5.74) is 4.20. The average Bonchev–Trinajstić information content (AvgIpc) is 3.04. The van der Waals surface area contributed by atoms with Gasteiger partial charge in [0.15, 0.2) is 0 Å². The third-order valence-electron chi connectivity index (χ3n) is 4.46. The molecule has 4 heteroatoms. The molecule has 1 saturated heterocycles. The fourth-order valence-corrected chi connectivity index (χ4v) is 3.49. The van der Waals surface area contributed by atoms with Crippen molar-refractivity contribution in [3.05, 3.63) is 42.1 Å². The Morgan fingerprint density at radius 1 is 1.20 bits per heavy atom. The van der Waals surface area contributed by atoms with E-state index in [1.54, 1.807) is 0 Å². The number of nitrogens with one attached hydrogen (secondary N) is 1. The van der Waals surface area contributed by atoms with Gasteiger partial charge in [0.2, 0.25) is 0 Å². The summed E-state index contributed by atoms with van der Waals surface area (Å²) in [7, 11) is 0. The van der Waals surface area contributed by atoms with Gasteiger partial charge in [0, 0.05) is 35.2 Å². The molecule has 1 aromatic carbocycles. The number of para-hydroxylation sites is 1.